The number of hydrogen-bond donors (Lipinski definition) is 2. The van der Waals surface area contributed by atoms with E-state index in [9.17, 15) is 9.59 Å². The number of H-pyrrole nitrogens is 2. The number of likely N-dealkylation sites (N-methyl/N-ethyl adjacent to an activating group) is 2. The van der Waals surface area contributed by atoms with Crippen LogP contribution in [0.4, 0.5) is 0 Å². The number of aromatic amines is 2. The van der Waals surface area contributed by atoms with Crippen molar-refractivity contribution in [1.29, 1.82) is 0 Å². The first-order chi connectivity index (χ1) is 27.3. The Labute approximate surface area is 329 Å². The first-order valence-electron chi connectivity index (χ1n) is 19.5. The van der Waals surface area contributed by atoms with Crippen molar-refractivity contribution in [1.82, 2.24) is 39.5 Å². The van der Waals surface area contributed by atoms with Crippen LogP contribution in [0.2, 0.25) is 0 Å². The molecule has 0 radical (unpaired) electrons. The van der Waals surface area contributed by atoms with Crippen LogP contribution in [0.5, 0.6) is 0 Å². The van der Waals surface area contributed by atoms with Gasteiger partial charge in [0.25, 0.3) is 0 Å². The zero-order chi connectivity index (χ0) is 38.9. The van der Waals surface area contributed by atoms with Crippen LogP contribution >= 0.6 is 0 Å². The van der Waals surface area contributed by atoms with Gasteiger partial charge in [-0.15, -0.1) is 0 Å². The van der Waals surface area contributed by atoms with Crippen LogP contribution in [0, 0.1) is 0 Å². The maximum Gasteiger partial charge on any atom is 0.159 e. The summed E-state index contributed by atoms with van der Waals surface area (Å²) in [6.45, 7) is 1.60. The molecule has 2 aliphatic rings. The largest absolute Gasteiger partial charge is 0.341 e. The molecule has 0 amide bonds. The van der Waals surface area contributed by atoms with Gasteiger partial charge in [-0.1, -0.05) is 109 Å². The van der Waals surface area contributed by atoms with Crippen molar-refractivity contribution in [2.75, 3.05) is 41.3 Å². The van der Waals surface area contributed by atoms with Crippen molar-refractivity contribution >= 4 is 12.6 Å². The third kappa shape index (κ3) is 6.42. The average Bonchev–Trinajstić information content (AvgIpc) is 4.08. The lowest BCUT2D eigenvalue weighted by Crippen LogP contribution is -2.56. The minimum Gasteiger partial charge on any atom is -0.341 e. The van der Waals surface area contributed by atoms with Gasteiger partial charge < -0.3 is 9.97 Å². The Kier molecular flexibility index (Phi) is 10.4. The highest BCUT2D eigenvalue weighted by Gasteiger charge is 2.48. The maximum absolute atomic E-state index is 12.9. The summed E-state index contributed by atoms with van der Waals surface area (Å²) in [7, 11) is 7.87. The number of rotatable bonds is 13. The molecule has 4 aromatic carbocycles. The Morgan fingerprint density at radius 2 is 0.911 bits per heavy atom. The molecule has 0 bridgehead atoms. The molecule has 4 heterocycles. The van der Waals surface area contributed by atoms with Gasteiger partial charge in [0, 0.05) is 13.1 Å². The van der Waals surface area contributed by atoms with Crippen molar-refractivity contribution in [2.24, 2.45) is 0 Å². The molecule has 2 fully saturated rings. The van der Waals surface area contributed by atoms with E-state index in [1.165, 1.54) is 0 Å². The lowest BCUT2D eigenvalue weighted by molar-refractivity contribution is -0.134. The standard InChI is InChI=1S/C46H50N8O2/c1-51(2)45(31-55,37-13-7-5-8-14-37)53-27-11-17-41(53)43-47-29-39(49-43)35-23-19-33(20-24-35)34-21-25-36(26-22-34)40-30-48-44(50-40)42-18-12-28-54(42)46(32-56,52(3)4)38-15-9-6-10-16-38/h5-10,13-16,19-26,29-32,41-42H,11-12,17-18,27-28H2,1-4H3,(H,47,49)(H,48,50)/t41-,42-,45?,46?/m0/s1. The molecule has 56 heavy (non-hydrogen) atoms. The van der Waals surface area contributed by atoms with Crippen molar-refractivity contribution in [3.8, 4) is 33.6 Å². The first-order valence-corrected chi connectivity index (χ1v) is 19.5. The number of nitrogens with one attached hydrogen (secondary N) is 2. The fourth-order valence-corrected chi connectivity index (χ4v) is 9.12. The monoisotopic (exact) mass is 746 g/mol. The van der Waals surface area contributed by atoms with Gasteiger partial charge >= 0.3 is 0 Å². The Balaban J connectivity index is 0.976. The molecule has 4 atom stereocenters. The third-order valence-electron chi connectivity index (χ3n) is 12.0. The molecule has 0 aliphatic carbocycles. The lowest BCUT2D eigenvalue weighted by atomic mass is 9.96. The predicted octanol–water partition coefficient (Wildman–Crippen LogP) is 7.63. The minimum absolute atomic E-state index is 0.0189. The number of carbonyl (C=O) groups is 2. The lowest BCUT2D eigenvalue weighted by Gasteiger charge is -2.45. The van der Waals surface area contributed by atoms with Crippen LogP contribution in [-0.2, 0) is 20.9 Å². The van der Waals surface area contributed by atoms with Crippen molar-refractivity contribution in [3.63, 3.8) is 0 Å². The van der Waals surface area contributed by atoms with Crippen LogP contribution < -0.4 is 0 Å². The van der Waals surface area contributed by atoms with E-state index in [4.69, 9.17) is 9.97 Å². The number of aldehydes is 2. The summed E-state index contributed by atoms with van der Waals surface area (Å²) < 4.78 is 0. The third-order valence-corrected chi connectivity index (χ3v) is 12.0. The van der Waals surface area contributed by atoms with Gasteiger partial charge in [0.1, 0.15) is 11.6 Å². The predicted molar refractivity (Wildman–Crippen MR) is 220 cm³/mol. The summed E-state index contributed by atoms with van der Waals surface area (Å²) in [5, 5.41) is 0. The van der Waals surface area contributed by atoms with Crippen molar-refractivity contribution in [2.45, 2.75) is 49.1 Å². The summed E-state index contributed by atoms with van der Waals surface area (Å²) in [5.74, 6) is 1.75. The number of likely N-dealkylation sites (tertiary alicyclic amines) is 2. The van der Waals surface area contributed by atoms with Crippen LogP contribution in [0.3, 0.4) is 0 Å². The van der Waals surface area contributed by atoms with Gasteiger partial charge in [-0.3, -0.25) is 29.2 Å². The number of carbonyl (C=O) groups excluding carboxylic acids is 2. The first kappa shape index (κ1) is 37.4. The summed E-state index contributed by atoms with van der Waals surface area (Å²) in [4.78, 5) is 51.4. The number of aromatic nitrogens is 4. The smallest absolute Gasteiger partial charge is 0.159 e. The van der Waals surface area contributed by atoms with E-state index < -0.39 is 11.3 Å². The van der Waals surface area contributed by atoms with Gasteiger partial charge in [-0.05, 0) is 87.3 Å². The summed E-state index contributed by atoms with van der Waals surface area (Å²) in [6.07, 6.45) is 9.76. The minimum atomic E-state index is -0.887. The number of imidazole rings is 2. The summed E-state index contributed by atoms with van der Waals surface area (Å²) >= 11 is 0. The molecule has 0 saturated carbocycles. The molecule has 8 rings (SSSR count). The molecule has 2 aliphatic heterocycles. The zero-order valence-electron chi connectivity index (χ0n) is 32.6. The Morgan fingerprint density at radius 3 is 1.25 bits per heavy atom. The molecule has 10 nitrogen and oxygen atoms in total. The highest BCUT2D eigenvalue weighted by atomic mass is 16.1. The van der Waals surface area contributed by atoms with Gasteiger partial charge in [-0.2, -0.15) is 0 Å². The molecule has 6 aromatic rings. The highest BCUT2D eigenvalue weighted by molar-refractivity contribution is 5.72. The Morgan fingerprint density at radius 1 is 0.554 bits per heavy atom. The molecule has 2 N–H and O–H groups in total. The molecule has 2 saturated heterocycles. The number of hydrogen-bond acceptors (Lipinski definition) is 8. The molecular weight excluding hydrogens is 697 g/mol. The molecular formula is C46H50N8O2. The van der Waals surface area contributed by atoms with Gasteiger partial charge in [0.2, 0.25) is 0 Å². The van der Waals surface area contributed by atoms with E-state index in [1.807, 2.05) is 111 Å². The van der Waals surface area contributed by atoms with Gasteiger partial charge in [0.15, 0.2) is 23.9 Å². The van der Waals surface area contributed by atoms with Gasteiger partial charge in [-0.25, -0.2) is 9.97 Å². The summed E-state index contributed by atoms with van der Waals surface area (Å²) in [5.41, 5.74) is 6.38. The second kappa shape index (κ2) is 15.5. The normalized spacial score (nSPS) is 20.0. The fourth-order valence-electron chi connectivity index (χ4n) is 9.12. The topological polar surface area (TPSA) is 104 Å². The van der Waals surface area contributed by atoms with E-state index in [1.54, 1.807) is 0 Å². The van der Waals surface area contributed by atoms with Crippen molar-refractivity contribution in [3.05, 3.63) is 144 Å². The molecule has 10 heteroatoms. The highest BCUT2D eigenvalue weighted by Crippen LogP contribution is 2.43. The van der Waals surface area contributed by atoms with Crippen LogP contribution in [0.15, 0.2) is 122 Å². The van der Waals surface area contributed by atoms with E-state index in [0.29, 0.717) is 0 Å². The molecule has 286 valence electrons. The van der Waals surface area contributed by atoms with E-state index in [0.717, 1.165) is 108 Å². The number of benzene rings is 4. The van der Waals surface area contributed by atoms with Gasteiger partial charge in [0.05, 0.1) is 35.9 Å². The maximum atomic E-state index is 12.9. The zero-order valence-corrected chi connectivity index (χ0v) is 32.6. The van der Waals surface area contributed by atoms with Crippen LogP contribution in [0.1, 0.15) is 60.5 Å². The van der Waals surface area contributed by atoms with E-state index in [2.05, 4.69) is 68.3 Å². The second-order valence-corrected chi connectivity index (χ2v) is 15.4. The van der Waals surface area contributed by atoms with Crippen LogP contribution in [-0.4, -0.2) is 93.4 Å². The fraction of sp³-hybridized carbons (Fsp3) is 0.304. The Hall–Kier alpha value is -5.52. The summed E-state index contributed by atoms with van der Waals surface area (Å²) in [6, 6.07) is 37.1. The number of nitrogens with zero attached hydrogens (tertiary/aromatic N) is 6. The van der Waals surface area contributed by atoms with E-state index >= 15 is 0 Å². The molecule has 2 unspecified atom stereocenters. The molecule has 0 spiro atoms. The van der Waals surface area contributed by atoms with Crippen LogP contribution in [0.25, 0.3) is 33.6 Å². The average molecular weight is 747 g/mol. The van der Waals surface area contributed by atoms with E-state index in [-0.39, 0.29) is 12.1 Å². The second-order valence-electron chi connectivity index (χ2n) is 15.4. The quantitative estimate of drug-likeness (QED) is 0.116. The Bertz CT molecular complexity index is 2090. The molecule has 2 aromatic heterocycles. The van der Waals surface area contributed by atoms with Crippen molar-refractivity contribution < 1.29 is 9.59 Å². The SMILES string of the molecule is CN(C)C(C=O)(c1ccccc1)N1CCC[C@H]1c1ncc(-c2ccc(-c3ccc(-c4cnc([C@@H]5CCCN5C(C=O)(c5ccccc5)N(C)C)[nH]4)cc3)cc2)[nH]1.